The Morgan fingerprint density at radius 1 is 1.00 bits per heavy atom. The summed E-state index contributed by atoms with van der Waals surface area (Å²) in [5, 5.41) is 23.5. The van der Waals surface area contributed by atoms with Gasteiger partial charge in [0.2, 0.25) is 5.82 Å². The van der Waals surface area contributed by atoms with Gasteiger partial charge in [-0.1, -0.05) is 17.3 Å². The van der Waals surface area contributed by atoms with Crippen LogP contribution in [0.2, 0.25) is 0 Å². The quantitative estimate of drug-likeness (QED) is 0.752. The maximum atomic E-state index is 9.81. The monoisotopic (exact) mass is 282 g/mol. The zero-order chi connectivity index (χ0) is 15.0. The molecule has 2 N–H and O–H groups in total. The topological polar surface area (TPSA) is 79.4 Å². The molecule has 0 fully saturated rings. The Morgan fingerprint density at radius 3 is 2.33 bits per heavy atom. The van der Waals surface area contributed by atoms with Crippen LogP contribution in [-0.4, -0.2) is 20.4 Å². The molecule has 0 bridgehead atoms. The van der Waals surface area contributed by atoms with E-state index in [1.54, 1.807) is 36.4 Å². The van der Waals surface area contributed by atoms with Crippen molar-refractivity contribution in [2.45, 2.75) is 13.8 Å². The number of hydrogen-bond acceptors (Lipinski definition) is 5. The molecule has 0 atom stereocenters. The Morgan fingerprint density at radius 2 is 1.67 bits per heavy atom. The summed E-state index contributed by atoms with van der Waals surface area (Å²) in [5.41, 5.74) is 2.74. The number of para-hydroxylation sites is 1. The first kappa shape index (κ1) is 13.2. The zero-order valence-corrected chi connectivity index (χ0v) is 11.7. The van der Waals surface area contributed by atoms with Gasteiger partial charge in [0.15, 0.2) is 0 Å². The molecule has 0 radical (unpaired) electrons. The maximum Gasteiger partial charge on any atom is 0.261 e. The van der Waals surface area contributed by atoms with Crippen LogP contribution in [0.25, 0.3) is 22.8 Å². The lowest BCUT2D eigenvalue weighted by Gasteiger charge is -2.04. The lowest BCUT2D eigenvalue weighted by molar-refractivity contribution is 0.425. The van der Waals surface area contributed by atoms with Crippen LogP contribution in [0.15, 0.2) is 40.9 Å². The Balaban J connectivity index is 2.05. The molecule has 0 aliphatic carbocycles. The number of aromatic hydroxyl groups is 2. The third-order valence-electron chi connectivity index (χ3n) is 3.31. The number of phenols is 2. The van der Waals surface area contributed by atoms with E-state index in [-0.39, 0.29) is 17.4 Å². The van der Waals surface area contributed by atoms with Gasteiger partial charge in [-0.15, -0.1) is 0 Å². The molecular formula is C16H14N2O3. The summed E-state index contributed by atoms with van der Waals surface area (Å²) >= 11 is 0. The lowest BCUT2D eigenvalue weighted by atomic mass is 10.1. The molecule has 1 aromatic heterocycles. The Kier molecular flexibility index (Phi) is 3.10. The third-order valence-corrected chi connectivity index (χ3v) is 3.31. The Hall–Kier alpha value is -2.82. The van der Waals surface area contributed by atoms with Crippen LogP contribution in [0, 0.1) is 13.8 Å². The van der Waals surface area contributed by atoms with Crippen molar-refractivity contribution in [3.8, 4) is 34.3 Å². The maximum absolute atomic E-state index is 9.81. The molecule has 0 spiro atoms. The van der Waals surface area contributed by atoms with Crippen molar-refractivity contribution in [1.82, 2.24) is 10.1 Å². The van der Waals surface area contributed by atoms with Gasteiger partial charge in [-0.25, -0.2) is 0 Å². The first-order valence-electron chi connectivity index (χ1n) is 6.49. The molecule has 106 valence electrons. The normalized spacial score (nSPS) is 10.8. The molecular weight excluding hydrogens is 268 g/mol. The highest BCUT2D eigenvalue weighted by Crippen LogP contribution is 2.31. The molecule has 0 saturated carbocycles. The minimum Gasteiger partial charge on any atom is -0.507 e. The van der Waals surface area contributed by atoms with Crippen molar-refractivity contribution in [2.24, 2.45) is 0 Å². The number of aryl methyl sites for hydroxylation is 2. The van der Waals surface area contributed by atoms with Crippen LogP contribution < -0.4 is 0 Å². The number of hydrogen-bond donors (Lipinski definition) is 2. The SMILES string of the molecule is Cc1cc(-c2noc(-c3ccccc3O)n2)cc(C)c1O. The minimum atomic E-state index is 0.0887. The van der Waals surface area contributed by atoms with E-state index < -0.39 is 0 Å². The van der Waals surface area contributed by atoms with E-state index in [1.807, 2.05) is 13.8 Å². The molecule has 2 aromatic carbocycles. The predicted molar refractivity (Wildman–Crippen MR) is 78.0 cm³/mol. The van der Waals surface area contributed by atoms with Gasteiger partial charge >= 0.3 is 0 Å². The number of benzene rings is 2. The second-order valence-electron chi connectivity index (χ2n) is 4.90. The van der Waals surface area contributed by atoms with E-state index >= 15 is 0 Å². The summed E-state index contributed by atoms with van der Waals surface area (Å²) in [6.45, 7) is 3.63. The molecule has 21 heavy (non-hydrogen) atoms. The largest absolute Gasteiger partial charge is 0.507 e. The number of aromatic nitrogens is 2. The molecule has 3 aromatic rings. The Labute approximate surface area is 121 Å². The highest BCUT2D eigenvalue weighted by molar-refractivity contribution is 5.66. The molecule has 0 unspecified atom stereocenters. The number of phenolic OH excluding ortho intramolecular Hbond substituents is 2. The number of rotatable bonds is 2. The summed E-state index contributed by atoms with van der Waals surface area (Å²) in [4.78, 5) is 4.30. The van der Waals surface area contributed by atoms with E-state index in [0.717, 1.165) is 16.7 Å². The fourth-order valence-corrected chi connectivity index (χ4v) is 2.19. The van der Waals surface area contributed by atoms with Gasteiger partial charge in [-0.3, -0.25) is 0 Å². The van der Waals surface area contributed by atoms with Gasteiger partial charge in [-0.05, 0) is 49.2 Å². The Bertz CT molecular complexity index is 786. The number of nitrogens with zero attached hydrogens (tertiary/aromatic N) is 2. The summed E-state index contributed by atoms with van der Waals surface area (Å²) < 4.78 is 5.21. The lowest BCUT2D eigenvalue weighted by Crippen LogP contribution is -1.86. The highest BCUT2D eigenvalue weighted by Gasteiger charge is 2.15. The summed E-state index contributed by atoms with van der Waals surface area (Å²) in [6.07, 6.45) is 0. The average Bonchev–Trinajstić information content (AvgIpc) is 2.94. The van der Waals surface area contributed by atoms with Gasteiger partial charge in [0.1, 0.15) is 11.5 Å². The van der Waals surface area contributed by atoms with Crippen molar-refractivity contribution in [1.29, 1.82) is 0 Å². The minimum absolute atomic E-state index is 0.0887. The average molecular weight is 282 g/mol. The van der Waals surface area contributed by atoms with Crippen molar-refractivity contribution in [3.63, 3.8) is 0 Å². The predicted octanol–water partition coefficient (Wildman–Crippen LogP) is 3.43. The van der Waals surface area contributed by atoms with Crippen molar-refractivity contribution >= 4 is 0 Å². The summed E-state index contributed by atoms with van der Waals surface area (Å²) in [5.74, 6) is 1.03. The van der Waals surface area contributed by atoms with Gasteiger partial charge in [0, 0.05) is 5.56 Å². The molecule has 5 heteroatoms. The van der Waals surface area contributed by atoms with Crippen LogP contribution in [0.4, 0.5) is 0 Å². The van der Waals surface area contributed by atoms with E-state index in [4.69, 9.17) is 4.52 Å². The van der Waals surface area contributed by atoms with Crippen LogP contribution in [0.3, 0.4) is 0 Å². The second kappa shape index (κ2) is 4.94. The van der Waals surface area contributed by atoms with E-state index in [0.29, 0.717) is 11.4 Å². The van der Waals surface area contributed by atoms with Crippen LogP contribution in [0.1, 0.15) is 11.1 Å². The van der Waals surface area contributed by atoms with Crippen LogP contribution in [0.5, 0.6) is 11.5 Å². The molecule has 5 nitrogen and oxygen atoms in total. The van der Waals surface area contributed by atoms with E-state index in [2.05, 4.69) is 10.1 Å². The third kappa shape index (κ3) is 2.33. The molecule has 1 heterocycles. The smallest absolute Gasteiger partial charge is 0.261 e. The van der Waals surface area contributed by atoms with Crippen LogP contribution in [-0.2, 0) is 0 Å². The zero-order valence-electron chi connectivity index (χ0n) is 11.7. The second-order valence-corrected chi connectivity index (χ2v) is 4.90. The standard InChI is InChI=1S/C16H14N2O3/c1-9-7-11(8-10(2)14(9)20)15-17-16(21-18-15)12-5-3-4-6-13(12)19/h3-8,19-20H,1-2H3. The molecule has 3 rings (SSSR count). The summed E-state index contributed by atoms with van der Waals surface area (Å²) in [6, 6.07) is 10.4. The fraction of sp³-hybridized carbons (Fsp3) is 0.125. The molecule has 0 aliphatic rings. The van der Waals surface area contributed by atoms with Crippen molar-refractivity contribution in [3.05, 3.63) is 47.5 Å². The molecule has 0 amide bonds. The van der Waals surface area contributed by atoms with Crippen LogP contribution >= 0.6 is 0 Å². The van der Waals surface area contributed by atoms with Gasteiger partial charge < -0.3 is 14.7 Å². The van der Waals surface area contributed by atoms with E-state index in [9.17, 15) is 10.2 Å². The van der Waals surface area contributed by atoms with E-state index in [1.165, 1.54) is 0 Å². The fourth-order valence-electron chi connectivity index (χ4n) is 2.19. The van der Waals surface area contributed by atoms with Gasteiger partial charge in [-0.2, -0.15) is 4.98 Å². The molecule has 0 aliphatic heterocycles. The summed E-state index contributed by atoms with van der Waals surface area (Å²) in [7, 11) is 0. The first-order chi connectivity index (χ1) is 10.1. The van der Waals surface area contributed by atoms with Crippen molar-refractivity contribution in [2.75, 3.05) is 0 Å². The van der Waals surface area contributed by atoms with Crippen molar-refractivity contribution < 1.29 is 14.7 Å². The molecule has 0 saturated heterocycles. The first-order valence-corrected chi connectivity index (χ1v) is 6.49. The highest BCUT2D eigenvalue weighted by atomic mass is 16.5. The van der Waals surface area contributed by atoms with Gasteiger partial charge in [0.25, 0.3) is 5.89 Å². The van der Waals surface area contributed by atoms with Gasteiger partial charge in [0.05, 0.1) is 5.56 Å².